The van der Waals surface area contributed by atoms with E-state index in [1.807, 2.05) is 20.8 Å². The monoisotopic (exact) mass is 298 g/mol. The number of rotatable bonds is 4. The summed E-state index contributed by atoms with van der Waals surface area (Å²) in [6.07, 6.45) is 0. The van der Waals surface area contributed by atoms with Crippen LogP contribution in [0, 0.1) is 0 Å². The topological polar surface area (TPSA) is 61.8 Å². The van der Waals surface area contributed by atoms with E-state index in [4.69, 9.17) is 11.6 Å². The largest absolute Gasteiger partial charge is 0.332 e. The summed E-state index contributed by atoms with van der Waals surface area (Å²) in [5.41, 5.74) is 0.271. The van der Waals surface area contributed by atoms with Gasteiger partial charge >= 0.3 is 5.69 Å². The summed E-state index contributed by atoms with van der Waals surface area (Å²) in [5, 5.41) is 0. The van der Waals surface area contributed by atoms with Gasteiger partial charge in [-0.1, -0.05) is 0 Å². The minimum atomic E-state index is -0.318. The lowest BCUT2D eigenvalue weighted by Gasteiger charge is -2.13. The molecule has 0 aliphatic rings. The molecule has 0 aromatic carbocycles. The number of aromatic nitrogens is 4. The van der Waals surface area contributed by atoms with E-state index in [-0.39, 0.29) is 23.2 Å². The first-order chi connectivity index (χ1) is 9.47. The van der Waals surface area contributed by atoms with Crippen LogP contribution < -0.4 is 11.2 Å². The Balaban J connectivity index is 3.09. The lowest BCUT2D eigenvalue weighted by molar-refractivity contribution is 0.532. The highest BCUT2D eigenvalue weighted by atomic mass is 35.5. The normalized spacial score (nSPS) is 11.7. The summed E-state index contributed by atoms with van der Waals surface area (Å²) in [5.74, 6) is 0.823. The van der Waals surface area contributed by atoms with Gasteiger partial charge in [-0.25, -0.2) is 9.78 Å². The maximum atomic E-state index is 12.5. The molecular weight excluding hydrogens is 280 g/mol. The van der Waals surface area contributed by atoms with E-state index in [0.29, 0.717) is 30.1 Å². The van der Waals surface area contributed by atoms with E-state index in [1.165, 1.54) is 4.57 Å². The van der Waals surface area contributed by atoms with E-state index >= 15 is 0 Å². The molecule has 2 aromatic rings. The number of aryl methyl sites for hydroxylation is 1. The number of fused-ring (bicyclic) bond motifs is 1. The van der Waals surface area contributed by atoms with Crippen LogP contribution in [0.4, 0.5) is 0 Å². The van der Waals surface area contributed by atoms with Gasteiger partial charge in [0.1, 0.15) is 5.82 Å². The molecule has 0 amide bonds. The first-order valence-corrected chi connectivity index (χ1v) is 7.31. The Morgan fingerprint density at radius 3 is 2.20 bits per heavy atom. The number of halogens is 1. The van der Waals surface area contributed by atoms with Crippen LogP contribution in [0.15, 0.2) is 9.59 Å². The zero-order valence-electron chi connectivity index (χ0n) is 12.2. The van der Waals surface area contributed by atoms with Gasteiger partial charge in [0.2, 0.25) is 0 Å². The molecule has 20 heavy (non-hydrogen) atoms. The number of hydrogen-bond donors (Lipinski definition) is 0. The molecule has 110 valence electrons. The van der Waals surface area contributed by atoms with Gasteiger partial charge < -0.3 is 4.57 Å². The highest BCUT2D eigenvalue weighted by Crippen LogP contribution is 2.16. The quantitative estimate of drug-likeness (QED) is 0.808. The Labute approximate surface area is 121 Å². The first-order valence-electron chi connectivity index (χ1n) is 6.78. The highest BCUT2D eigenvalue weighted by Gasteiger charge is 2.21. The molecule has 0 spiro atoms. The smallest absolute Gasteiger partial charge is 0.321 e. The molecule has 0 saturated carbocycles. The summed E-state index contributed by atoms with van der Waals surface area (Å²) in [4.78, 5) is 29.3. The Bertz CT molecular complexity index is 754. The maximum absolute atomic E-state index is 12.5. The molecular formula is C13H19ClN4O2. The van der Waals surface area contributed by atoms with Gasteiger partial charge in [-0.15, -0.1) is 11.6 Å². The maximum Gasteiger partial charge on any atom is 0.332 e. The third-order valence-corrected chi connectivity index (χ3v) is 3.65. The van der Waals surface area contributed by atoms with Crippen LogP contribution in [0.5, 0.6) is 0 Å². The van der Waals surface area contributed by atoms with Crippen molar-refractivity contribution in [2.24, 2.45) is 0 Å². The van der Waals surface area contributed by atoms with Crippen LogP contribution in [0.25, 0.3) is 11.2 Å². The third kappa shape index (κ3) is 1.98. The minimum absolute atomic E-state index is 0.0771. The number of alkyl halides is 1. The van der Waals surface area contributed by atoms with Crippen molar-refractivity contribution >= 4 is 22.8 Å². The molecule has 0 aliphatic carbocycles. The highest BCUT2D eigenvalue weighted by molar-refractivity contribution is 6.16. The minimum Gasteiger partial charge on any atom is -0.321 e. The first kappa shape index (κ1) is 14.8. The molecule has 0 fully saturated rings. The Morgan fingerprint density at radius 1 is 1.15 bits per heavy atom. The fourth-order valence-corrected chi connectivity index (χ4v) is 2.69. The predicted molar refractivity (Wildman–Crippen MR) is 79.5 cm³/mol. The van der Waals surface area contributed by atoms with E-state index in [0.717, 1.165) is 0 Å². The molecule has 0 aliphatic heterocycles. The van der Waals surface area contributed by atoms with Crippen LogP contribution in [-0.4, -0.2) is 18.7 Å². The summed E-state index contributed by atoms with van der Waals surface area (Å²) in [6.45, 7) is 8.44. The molecule has 0 saturated heterocycles. The molecule has 0 radical (unpaired) electrons. The molecule has 6 nitrogen and oxygen atoms in total. The summed E-state index contributed by atoms with van der Waals surface area (Å²) in [6, 6.07) is -0.0771. The summed E-state index contributed by atoms with van der Waals surface area (Å²) >= 11 is 5.90. The Kier molecular flexibility index (Phi) is 4.04. The molecule has 7 heteroatoms. The predicted octanol–water partition coefficient (Wildman–Crippen LogP) is 1.72. The standard InChI is InChI=1S/C13H19ClN4O2/c1-5-16-9(7-14)15-11-10(16)12(19)17(6-2)13(20)18(11)8(3)4/h8H,5-7H2,1-4H3. The summed E-state index contributed by atoms with van der Waals surface area (Å²) in [7, 11) is 0. The molecule has 2 aromatic heterocycles. The van der Waals surface area contributed by atoms with Crippen LogP contribution in [0.1, 0.15) is 39.6 Å². The van der Waals surface area contributed by atoms with Crippen LogP contribution in [0.3, 0.4) is 0 Å². The second-order valence-corrected chi connectivity index (χ2v) is 5.14. The molecule has 2 heterocycles. The second kappa shape index (κ2) is 5.44. The van der Waals surface area contributed by atoms with Crippen LogP contribution >= 0.6 is 11.6 Å². The molecule has 0 atom stereocenters. The summed E-state index contributed by atoms with van der Waals surface area (Å²) < 4.78 is 4.59. The lowest BCUT2D eigenvalue weighted by Crippen LogP contribution is -2.40. The molecule has 0 unspecified atom stereocenters. The van der Waals surface area contributed by atoms with Gasteiger partial charge in [-0.2, -0.15) is 0 Å². The van der Waals surface area contributed by atoms with Crippen molar-refractivity contribution in [1.82, 2.24) is 18.7 Å². The fourth-order valence-electron chi connectivity index (χ4n) is 2.49. The van der Waals surface area contributed by atoms with Crippen molar-refractivity contribution in [1.29, 1.82) is 0 Å². The average Bonchev–Trinajstić information content (AvgIpc) is 2.77. The van der Waals surface area contributed by atoms with Crippen LogP contribution in [-0.2, 0) is 19.0 Å². The molecule has 0 bridgehead atoms. The van der Waals surface area contributed by atoms with Crippen molar-refractivity contribution in [3.8, 4) is 0 Å². The number of hydrogen-bond acceptors (Lipinski definition) is 3. The van der Waals surface area contributed by atoms with E-state index in [9.17, 15) is 9.59 Å². The lowest BCUT2D eigenvalue weighted by atomic mass is 10.3. The van der Waals surface area contributed by atoms with Crippen molar-refractivity contribution in [2.45, 2.75) is 52.7 Å². The Morgan fingerprint density at radius 2 is 1.75 bits per heavy atom. The number of nitrogens with zero attached hydrogens (tertiary/aromatic N) is 4. The molecule has 2 rings (SSSR count). The van der Waals surface area contributed by atoms with Gasteiger partial charge in [-0.05, 0) is 27.7 Å². The average molecular weight is 299 g/mol. The second-order valence-electron chi connectivity index (χ2n) is 4.87. The zero-order chi connectivity index (χ0) is 15.0. The Hall–Kier alpha value is -1.56. The van der Waals surface area contributed by atoms with E-state index in [1.54, 1.807) is 16.1 Å². The van der Waals surface area contributed by atoms with Crippen LogP contribution in [0.2, 0.25) is 0 Å². The van der Waals surface area contributed by atoms with E-state index in [2.05, 4.69) is 4.98 Å². The van der Waals surface area contributed by atoms with Gasteiger partial charge in [-0.3, -0.25) is 13.9 Å². The SMILES string of the molecule is CCn1c(=O)c2c(nc(CCl)n2CC)n(C(C)C)c1=O. The van der Waals surface area contributed by atoms with Gasteiger partial charge in [0, 0.05) is 19.1 Å². The van der Waals surface area contributed by atoms with Crippen molar-refractivity contribution in [3.05, 3.63) is 26.7 Å². The van der Waals surface area contributed by atoms with Crippen molar-refractivity contribution < 1.29 is 0 Å². The van der Waals surface area contributed by atoms with Gasteiger partial charge in [0.15, 0.2) is 11.2 Å². The van der Waals surface area contributed by atoms with Crippen molar-refractivity contribution in [2.75, 3.05) is 0 Å². The van der Waals surface area contributed by atoms with E-state index < -0.39 is 0 Å². The van der Waals surface area contributed by atoms with Crippen molar-refractivity contribution in [3.63, 3.8) is 0 Å². The van der Waals surface area contributed by atoms with Gasteiger partial charge in [0.05, 0.1) is 5.88 Å². The number of imidazole rings is 1. The van der Waals surface area contributed by atoms with Gasteiger partial charge in [0.25, 0.3) is 5.56 Å². The third-order valence-electron chi connectivity index (χ3n) is 3.41. The fraction of sp³-hybridized carbons (Fsp3) is 0.615. The zero-order valence-corrected chi connectivity index (χ0v) is 12.9. The molecule has 0 N–H and O–H groups in total.